The van der Waals surface area contributed by atoms with Crippen LogP contribution in [-0.2, 0) is 10.8 Å². The Balaban J connectivity index is 0.985. The van der Waals surface area contributed by atoms with E-state index in [1.165, 1.54) is 98.2 Å². The Kier molecular flexibility index (Phi) is 7.41. The molecule has 12 aromatic rings. The zero-order valence-corrected chi connectivity index (χ0v) is 37.8. The standard InChI is InChI=1S/C64H41NOS/c1-63(2)49-21-8-3-15-42(49)43-34-33-40(37-54(43)63)65(39-31-29-38(30-32-39)41-20-13-27-57-59(41)48-19-6-11-26-56(48)66-57)55-25-14-24-52-60(55)46-17-4-9-22-50(46)64(52)51-23-10-5-18-47(51)61-53(64)36-35-45-44-16-7-12-28-58(44)67-62(45)61/h3-37H,1-2H3. The van der Waals surface area contributed by atoms with Crippen LogP contribution in [0.25, 0.3) is 86.6 Å². The summed E-state index contributed by atoms with van der Waals surface area (Å²) in [5.41, 5.74) is 22.9. The summed E-state index contributed by atoms with van der Waals surface area (Å²) in [5, 5.41) is 4.95. The van der Waals surface area contributed by atoms with Crippen molar-refractivity contribution in [2.75, 3.05) is 4.90 Å². The molecule has 3 heteroatoms. The number of hydrogen-bond donors (Lipinski definition) is 0. The second-order valence-corrected chi connectivity index (χ2v) is 20.1. The molecule has 0 saturated heterocycles. The van der Waals surface area contributed by atoms with E-state index in [4.69, 9.17) is 4.42 Å². The topological polar surface area (TPSA) is 16.4 Å². The molecule has 2 nitrogen and oxygen atoms in total. The van der Waals surface area contributed by atoms with Gasteiger partial charge in [-0.15, -0.1) is 11.3 Å². The molecule has 1 spiro atoms. The van der Waals surface area contributed by atoms with Crippen molar-refractivity contribution in [3.8, 4) is 44.5 Å². The number of hydrogen-bond acceptors (Lipinski definition) is 3. The van der Waals surface area contributed by atoms with Crippen LogP contribution >= 0.6 is 11.3 Å². The van der Waals surface area contributed by atoms with Crippen LogP contribution in [0, 0.1) is 0 Å². The Morgan fingerprint density at radius 3 is 1.82 bits per heavy atom. The summed E-state index contributed by atoms with van der Waals surface area (Å²) < 4.78 is 9.05. The summed E-state index contributed by atoms with van der Waals surface area (Å²) >= 11 is 1.93. The Morgan fingerprint density at radius 2 is 1.00 bits per heavy atom. The predicted octanol–water partition coefficient (Wildman–Crippen LogP) is 17.7. The van der Waals surface area contributed by atoms with Crippen molar-refractivity contribution >= 4 is 70.5 Å². The largest absolute Gasteiger partial charge is 0.456 e. The molecule has 3 aliphatic rings. The summed E-state index contributed by atoms with van der Waals surface area (Å²) in [6.07, 6.45) is 0. The van der Waals surface area contributed by atoms with Gasteiger partial charge in [-0.25, -0.2) is 0 Å². The first-order valence-electron chi connectivity index (χ1n) is 23.3. The van der Waals surface area contributed by atoms with E-state index >= 15 is 0 Å². The molecule has 0 radical (unpaired) electrons. The van der Waals surface area contributed by atoms with Gasteiger partial charge in [0.15, 0.2) is 0 Å². The molecule has 1 atom stereocenters. The van der Waals surface area contributed by atoms with Crippen molar-refractivity contribution in [1.29, 1.82) is 0 Å². The summed E-state index contributed by atoms with van der Waals surface area (Å²) in [6.45, 7) is 4.76. The highest BCUT2D eigenvalue weighted by atomic mass is 32.1. The first-order chi connectivity index (χ1) is 33.0. The van der Waals surface area contributed by atoms with Crippen molar-refractivity contribution in [3.05, 3.63) is 246 Å². The third-order valence-electron chi connectivity index (χ3n) is 15.5. The SMILES string of the molecule is CC1(C)c2ccccc2-c2ccc(N(c3ccc(-c4cccc5oc6ccccc6c45)cc3)c3cccc4c3-c3ccccc3C43c4ccccc4-c4c3ccc3c4sc4ccccc43)cc21. The highest BCUT2D eigenvalue weighted by molar-refractivity contribution is 7.26. The average molecular weight is 872 g/mol. The maximum absolute atomic E-state index is 6.35. The predicted molar refractivity (Wildman–Crippen MR) is 281 cm³/mol. The lowest BCUT2D eigenvalue weighted by Gasteiger charge is -2.32. The van der Waals surface area contributed by atoms with E-state index in [0.717, 1.165) is 38.9 Å². The number of fused-ring (bicyclic) bond motifs is 20. The quantitative estimate of drug-likeness (QED) is 0.175. The van der Waals surface area contributed by atoms with Gasteiger partial charge in [-0.3, -0.25) is 0 Å². The number of para-hydroxylation sites is 1. The number of thiophene rings is 1. The van der Waals surface area contributed by atoms with E-state index in [2.05, 4.69) is 225 Å². The van der Waals surface area contributed by atoms with Crippen LogP contribution < -0.4 is 4.90 Å². The fraction of sp³-hybridized carbons (Fsp3) is 0.0625. The normalized spacial score (nSPS) is 15.8. The van der Waals surface area contributed by atoms with Gasteiger partial charge in [-0.1, -0.05) is 178 Å². The van der Waals surface area contributed by atoms with Gasteiger partial charge in [0.2, 0.25) is 0 Å². The maximum Gasteiger partial charge on any atom is 0.136 e. The molecule has 3 aliphatic carbocycles. The van der Waals surface area contributed by atoms with Crippen molar-refractivity contribution < 1.29 is 4.42 Å². The summed E-state index contributed by atoms with van der Waals surface area (Å²) in [7, 11) is 0. The third-order valence-corrected chi connectivity index (χ3v) is 16.7. The second kappa shape index (κ2) is 13.3. The van der Waals surface area contributed by atoms with E-state index < -0.39 is 5.41 Å². The van der Waals surface area contributed by atoms with E-state index in [-0.39, 0.29) is 5.41 Å². The summed E-state index contributed by atoms with van der Waals surface area (Å²) in [6, 6.07) is 79.4. The molecule has 0 saturated carbocycles. The van der Waals surface area contributed by atoms with Gasteiger partial charge in [-0.05, 0) is 115 Å². The summed E-state index contributed by atoms with van der Waals surface area (Å²) in [4.78, 5) is 2.53. The second-order valence-electron chi connectivity index (χ2n) is 19.1. The van der Waals surface area contributed by atoms with Gasteiger partial charge in [0.25, 0.3) is 0 Å². The molecule has 0 amide bonds. The van der Waals surface area contributed by atoms with Crippen LogP contribution in [0.2, 0.25) is 0 Å². The molecule has 2 aromatic heterocycles. The van der Waals surface area contributed by atoms with E-state index in [0.29, 0.717) is 0 Å². The number of benzene rings is 10. The molecule has 67 heavy (non-hydrogen) atoms. The van der Waals surface area contributed by atoms with Gasteiger partial charge in [0, 0.05) is 58.9 Å². The molecule has 0 N–H and O–H groups in total. The molecule has 1 unspecified atom stereocenters. The summed E-state index contributed by atoms with van der Waals surface area (Å²) in [5.74, 6) is 0. The molecule has 0 aliphatic heterocycles. The van der Waals surface area contributed by atoms with Crippen LogP contribution in [0.1, 0.15) is 47.2 Å². The van der Waals surface area contributed by atoms with Gasteiger partial charge < -0.3 is 9.32 Å². The smallest absolute Gasteiger partial charge is 0.136 e. The van der Waals surface area contributed by atoms with E-state index in [9.17, 15) is 0 Å². The number of furan rings is 1. The van der Waals surface area contributed by atoms with Crippen LogP contribution in [0.4, 0.5) is 17.1 Å². The minimum atomic E-state index is -0.499. The Hall–Kier alpha value is -7.98. The van der Waals surface area contributed by atoms with Crippen LogP contribution in [-0.4, -0.2) is 0 Å². The number of rotatable bonds is 4. The zero-order valence-electron chi connectivity index (χ0n) is 37.0. The lowest BCUT2D eigenvalue weighted by atomic mass is 9.70. The Bertz CT molecular complexity index is 4090. The van der Waals surface area contributed by atoms with Gasteiger partial charge in [0.1, 0.15) is 11.2 Å². The van der Waals surface area contributed by atoms with Crippen LogP contribution in [0.15, 0.2) is 217 Å². The van der Waals surface area contributed by atoms with Crippen molar-refractivity contribution in [3.63, 3.8) is 0 Å². The fourth-order valence-corrected chi connectivity index (χ4v) is 13.9. The molecule has 10 aromatic carbocycles. The zero-order chi connectivity index (χ0) is 44.2. The monoisotopic (exact) mass is 871 g/mol. The minimum Gasteiger partial charge on any atom is -0.456 e. The van der Waals surface area contributed by atoms with E-state index in [1.54, 1.807) is 0 Å². The van der Waals surface area contributed by atoms with Crippen molar-refractivity contribution in [2.24, 2.45) is 0 Å². The van der Waals surface area contributed by atoms with Crippen molar-refractivity contribution in [2.45, 2.75) is 24.7 Å². The van der Waals surface area contributed by atoms with Crippen molar-refractivity contribution in [1.82, 2.24) is 0 Å². The molecule has 2 heterocycles. The lowest BCUT2D eigenvalue weighted by molar-refractivity contribution is 0.660. The highest BCUT2D eigenvalue weighted by Crippen LogP contribution is 2.66. The van der Waals surface area contributed by atoms with Gasteiger partial charge in [0.05, 0.1) is 11.1 Å². The van der Waals surface area contributed by atoms with E-state index in [1.807, 2.05) is 17.4 Å². The highest BCUT2D eigenvalue weighted by Gasteiger charge is 2.53. The molecule has 15 rings (SSSR count). The minimum absolute atomic E-state index is 0.159. The molecular weight excluding hydrogens is 831 g/mol. The Morgan fingerprint density at radius 1 is 0.403 bits per heavy atom. The number of nitrogens with zero attached hydrogens (tertiary/aromatic N) is 1. The molecular formula is C64H41NOS. The average Bonchev–Trinajstić information content (AvgIpc) is 4.16. The van der Waals surface area contributed by atoms with Crippen LogP contribution in [0.3, 0.4) is 0 Å². The first-order valence-corrected chi connectivity index (χ1v) is 24.1. The molecule has 0 bridgehead atoms. The van der Waals surface area contributed by atoms with Crippen LogP contribution in [0.5, 0.6) is 0 Å². The van der Waals surface area contributed by atoms with Gasteiger partial charge >= 0.3 is 0 Å². The maximum atomic E-state index is 6.35. The third kappa shape index (κ3) is 4.79. The first kappa shape index (κ1) is 37.3. The Labute approximate surface area is 392 Å². The molecule has 314 valence electrons. The number of anilines is 3. The van der Waals surface area contributed by atoms with Gasteiger partial charge in [-0.2, -0.15) is 0 Å². The fourth-order valence-electron chi connectivity index (χ4n) is 12.7. The molecule has 0 fully saturated rings. The lowest BCUT2D eigenvalue weighted by Crippen LogP contribution is -2.26.